The normalized spacial score (nSPS) is 20.6. The van der Waals surface area contributed by atoms with Crippen LogP contribution >= 0.6 is 0 Å². The van der Waals surface area contributed by atoms with E-state index < -0.39 is 0 Å². The second-order valence-electron chi connectivity index (χ2n) is 7.16. The van der Waals surface area contributed by atoms with Crippen molar-refractivity contribution in [3.05, 3.63) is 35.6 Å². The predicted octanol–water partition coefficient (Wildman–Crippen LogP) is 1.86. The van der Waals surface area contributed by atoms with Crippen molar-refractivity contribution in [2.45, 2.75) is 38.3 Å². The molecule has 1 saturated carbocycles. The number of hydrogen-bond acceptors (Lipinski definition) is 3. The zero-order valence-corrected chi connectivity index (χ0v) is 13.9. The molecule has 3 N–H and O–H groups in total. The largest absolute Gasteiger partial charge is 0.396 e. The molecule has 6 heteroatoms. The first-order valence-corrected chi connectivity index (χ1v) is 8.71. The Morgan fingerprint density at radius 3 is 2.50 bits per heavy atom. The van der Waals surface area contributed by atoms with E-state index in [9.17, 15) is 14.3 Å². The van der Waals surface area contributed by atoms with Gasteiger partial charge in [0.2, 0.25) is 0 Å². The van der Waals surface area contributed by atoms with Gasteiger partial charge < -0.3 is 15.7 Å². The molecule has 0 bridgehead atoms. The molecule has 2 amide bonds. The minimum absolute atomic E-state index is 0.0597. The van der Waals surface area contributed by atoms with Crippen molar-refractivity contribution >= 4 is 6.03 Å². The topological polar surface area (TPSA) is 64.6 Å². The highest BCUT2D eigenvalue weighted by atomic mass is 19.1. The highest BCUT2D eigenvalue weighted by molar-refractivity contribution is 5.74. The summed E-state index contributed by atoms with van der Waals surface area (Å²) in [5.41, 5.74) is 1.05. The number of nitrogens with zero attached hydrogens (tertiary/aromatic N) is 1. The second-order valence-corrected chi connectivity index (χ2v) is 7.16. The van der Waals surface area contributed by atoms with Gasteiger partial charge in [0, 0.05) is 37.6 Å². The van der Waals surface area contributed by atoms with Gasteiger partial charge in [-0.3, -0.25) is 4.90 Å². The first-order valence-electron chi connectivity index (χ1n) is 8.71. The Hall–Kier alpha value is -1.66. The molecule has 2 fully saturated rings. The molecule has 0 unspecified atom stereocenters. The minimum Gasteiger partial charge on any atom is -0.396 e. The molecule has 0 spiro atoms. The number of carbonyl (C=O) groups excluding carboxylic acids is 1. The van der Waals surface area contributed by atoms with E-state index in [0.29, 0.717) is 6.54 Å². The monoisotopic (exact) mass is 335 g/mol. The van der Waals surface area contributed by atoms with Crippen LogP contribution in [0.1, 0.15) is 31.2 Å². The van der Waals surface area contributed by atoms with E-state index in [4.69, 9.17) is 0 Å². The molecule has 132 valence electrons. The van der Waals surface area contributed by atoms with Gasteiger partial charge in [-0.2, -0.15) is 0 Å². The molecular formula is C18H26FN3O2. The van der Waals surface area contributed by atoms with Gasteiger partial charge >= 0.3 is 6.03 Å². The first-order chi connectivity index (χ1) is 11.6. The zero-order chi connectivity index (χ0) is 17.0. The van der Waals surface area contributed by atoms with Crippen LogP contribution in [0.2, 0.25) is 0 Å². The fraction of sp³-hybridized carbons (Fsp3) is 0.611. The number of carbonyl (C=O) groups is 1. The number of aliphatic hydroxyl groups is 1. The van der Waals surface area contributed by atoms with Gasteiger partial charge in [0.1, 0.15) is 5.82 Å². The number of amides is 2. The Balaban J connectivity index is 1.35. The Morgan fingerprint density at radius 2 is 1.92 bits per heavy atom. The molecule has 1 saturated heterocycles. The maximum Gasteiger partial charge on any atom is 0.315 e. The van der Waals surface area contributed by atoms with Gasteiger partial charge in [-0.1, -0.05) is 12.1 Å². The molecule has 5 nitrogen and oxygen atoms in total. The lowest BCUT2D eigenvalue weighted by molar-refractivity contribution is 0.182. The lowest BCUT2D eigenvalue weighted by Gasteiger charge is -2.32. The number of likely N-dealkylation sites (tertiary alicyclic amines) is 1. The van der Waals surface area contributed by atoms with Crippen molar-refractivity contribution in [3.8, 4) is 0 Å². The predicted molar refractivity (Wildman–Crippen MR) is 90.0 cm³/mol. The van der Waals surface area contributed by atoms with Gasteiger partial charge in [0.05, 0.1) is 6.61 Å². The summed E-state index contributed by atoms with van der Waals surface area (Å²) in [7, 11) is 0. The van der Waals surface area contributed by atoms with Gasteiger partial charge in [-0.05, 0) is 43.4 Å². The van der Waals surface area contributed by atoms with E-state index in [1.54, 1.807) is 0 Å². The van der Waals surface area contributed by atoms with E-state index in [1.807, 2.05) is 12.1 Å². The third-order valence-electron chi connectivity index (χ3n) is 5.16. The molecular weight excluding hydrogens is 309 g/mol. The van der Waals surface area contributed by atoms with Crippen LogP contribution < -0.4 is 10.6 Å². The number of urea groups is 1. The number of aliphatic hydroxyl groups excluding tert-OH is 1. The Labute approximate surface area is 142 Å². The summed E-state index contributed by atoms with van der Waals surface area (Å²) in [5, 5.41) is 15.2. The van der Waals surface area contributed by atoms with E-state index in [1.165, 1.54) is 12.1 Å². The third kappa shape index (κ3) is 4.68. The van der Waals surface area contributed by atoms with Crippen LogP contribution in [0.15, 0.2) is 24.3 Å². The van der Waals surface area contributed by atoms with Crippen molar-refractivity contribution in [3.63, 3.8) is 0 Å². The Kier molecular flexibility index (Phi) is 5.36. The molecule has 0 radical (unpaired) electrons. The lowest BCUT2D eigenvalue weighted by Crippen LogP contribution is -2.48. The molecule has 24 heavy (non-hydrogen) atoms. The molecule has 1 aliphatic carbocycles. The molecule has 3 rings (SSSR count). The molecule has 1 aromatic rings. The SMILES string of the molecule is O=C(NCC1(CO)CC1)NC1CCN(Cc2ccc(F)cc2)CC1. The second kappa shape index (κ2) is 7.49. The highest BCUT2D eigenvalue weighted by Gasteiger charge is 2.42. The standard InChI is InChI=1S/C18H26FN3O2/c19-15-3-1-14(2-4-15)11-22-9-5-16(6-10-22)21-17(24)20-12-18(13-23)7-8-18/h1-4,16,23H,5-13H2,(H2,20,21,24). The van der Waals surface area contributed by atoms with Crippen molar-refractivity contribution in [2.24, 2.45) is 5.41 Å². The van der Waals surface area contributed by atoms with Crippen molar-refractivity contribution in [1.82, 2.24) is 15.5 Å². The third-order valence-corrected chi connectivity index (χ3v) is 5.16. The quantitative estimate of drug-likeness (QED) is 0.743. The van der Waals surface area contributed by atoms with E-state index in [2.05, 4.69) is 15.5 Å². The number of benzene rings is 1. The fourth-order valence-electron chi connectivity index (χ4n) is 3.16. The highest BCUT2D eigenvalue weighted by Crippen LogP contribution is 2.44. The minimum atomic E-state index is -0.207. The molecule has 1 aromatic carbocycles. The van der Waals surface area contributed by atoms with Crippen molar-refractivity contribution < 1.29 is 14.3 Å². The van der Waals surface area contributed by atoms with Gasteiger partial charge in [0.15, 0.2) is 0 Å². The number of nitrogens with one attached hydrogen (secondary N) is 2. The Morgan fingerprint density at radius 1 is 1.25 bits per heavy atom. The average molecular weight is 335 g/mol. The maximum atomic E-state index is 12.9. The number of hydrogen-bond donors (Lipinski definition) is 3. The first kappa shape index (κ1) is 17.2. The lowest BCUT2D eigenvalue weighted by atomic mass is 10.0. The van der Waals surface area contributed by atoms with Crippen LogP contribution in [0.4, 0.5) is 9.18 Å². The zero-order valence-electron chi connectivity index (χ0n) is 13.9. The summed E-state index contributed by atoms with van der Waals surface area (Å²) in [6.45, 7) is 3.36. The van der Waals surface area contributed by atoms with Crippen LogP contribution in [0.25, 0.3) is 0 Å². The van der Waals surface area contributed by atoms with Gasteiger partial charge in [0.25, 0.3) is 0 Å². The summed E-state index contributed by atoms with van der Waals surface area (Å²) in [6.07, 6.45) is 3.82. The summed E-state index contributed by atoms with van der Waals surface area (Å²) >= 11 is 0. The van der Waals surface area contributed by atoms with E-state index >= 15 is 0 Å². The van der Waals surface area contributed by atoms with Crippen molar-refractivity contribution in [2.75, 3.05) is 26.2 Å². The molecule has 1 aliphatic heterocycles. The molecule has 0 atom stereocenters. The Bertz CT molecular complexity index is 552. The maximum absolute atomic E-state index is 12.9. The van der Waals surface area contributed by atoms with E-state index in [0.717, 1.165) is 50.9 Å². The average Bonchev–Trinajstić information content (AvgIpc) is 3.38. The van der Waals surface area contributed by atoms with Crippen molar-refractivity contribution in [1.29, 1.82) is 0 Å². The summed E-state index contributed by atoms with van der Waals surface area (Å²) in [5.74, 6) is -0.207. The van der Waals surface area contributed by atoms with Gasteiger partial charge in [-0.25, -0.2) is 9.18 Å². The molecule has 2 aliphatic rings. The fourth-order valence-corrected chi connectivity index (χ4v) is 3.16. The van der Waals surface area contributed by atoms with Gasteiger partial charge in [-0.15, -0.1) is 0 Å². The summed E-state index contributed by atoms with van der Waals surface area (Å²) in [4.78, 5) is 14.3. The summed E-state index contributed by atoms with van der Waals surface area (Å²) in [6, 6.07) is 6.69. The smallest absolute Gasteiger partial charge is 0.315 e. The van der Waals surface area contributed by atoms with Crippen LogP contribution in [-0.4, -0.2) is 48.3 Å². The van der Waals surface area contributed by atoms with Crippen LogP contribution in [0.3, 0.4) is 0 Å². The number of piperidine rings is 1. The number of rotatable bonds is 6. The van der Waals surface area contributed by atoms with E-state index in [-0.39, 0.29) is 29.9 Å². The van der Waals surface area contributed by atoms with Crippen LogP contribution in [-0.2, 0) is 6.54 Å². The number of halogens is 1. The van der Waals surface area contributed by atoms with Crippen LogP contribution in [0.5, 0.6) is 0 Å². The molecule has 0 aromatic heterocycles. The summed E-state index contributed by atoms with van der Waals surface area (Å²) < 4.78 is 12.9. The van der Waals surface area contributed by atoms with Crippen LogP contribution in [0, 0.1) is 11.2 Å². The molecule has 1 heterocycles.